The Hall–Kier alpha value is -2.88. The monoisotopic (exact) mass is 334 g/mol. The van der Waals surface area contributed by atoms with Crippen molar-refractivity contribution in [3.05, 3.63) is 82.3 Å². The quantitative estimate of drug-likeness (QED) is 0.777. The zero-order chi connectivity index (χ0) is 17.8. The summed E-state index contributed by atoms with van der Waals surface area (Å²) in [5.41, 5.74) is 2.18. The van der Waals surface area contributed by atoms with Crippen LogP contribution in [-0.2, 0) is 17.8 Å². The molecule has 0 aliphatic carbocycles. The van der Waals surface area contributed by atoms with Gasteiger partial charge in [-0.15, -0.1) is 0 Å². The van der Waals surface area contributed by atoms with Crippen LogP contribution >= 0.6 is 0 Å². The molecular formula is C21H22N2O2. The van der Waals surface area contributed by atoms with Gasteiger partial charge < -0.3 is 9.88 Å². The normalized spacial score (nSPS) is 12.1. The highest BCUT2D eigenvalue weighted by Crippen LogP contribution is 2.14. The Kier molecular flexibility index (Phi) is 4.98. The van der Waals surface area contributed by atoms with Crippen molar-refractivity contribution in [3.63, 3.8) is 0 Å². The van der Waals surface area contributed by atoms with Gasteiger partial charge in [0, 0.05) is 11.6 Å². The van der Waals surface area contributed by atoms with E-state index in [1.54, 1.807) is 12.3 Å². The number of aryl methyl sites for hydroxylation is 1. The van der Waals surface area contributed by atoms with E-state index in [1.807, 2.05) is 43.3 Å². The number of aromatic nitrogens is 1. The zero-order valence-electron chi connectivity index (χ0n) is 14.5. The number of benzene rings is 2. The fraction of sp³-hybridized carbons (Fsp3) is 0.238. The van der Waals surface area contributed by atoms with Crippen LogP contribution in [0, 0.1) is 0 Å². The SMILES string of the molecule is CCc1ccc([C@H](C)NC(=O)Cn2ccc3ccccc3c2=O)cc1. The Balaban J connectivity index is 1.71. The fourth-order valence-electron chi connectivity index (χ4n) is 2.92. The molecule has 1 aromatic heterocycles. The van der Waals surface area contributed by atoms with E-state index in [9.17, 15) is 9.59 Å². The van der Waals surface area contributed by atoms with Crippen LogP contribution in [0.25, 0.3) is 10.8 Å². The Morgan fingerprint density at radius 3 is 2.52 bits per heavy atom. The molecule has 1 N–H and O–H groups in total. The molecule has 0 bridgehead atoms. The number of pyridine rings is 1. The maximum absolute atomic E-state index is 12.5. The minimum atomic E-state index is -0.176. The van der Waals surface area contributed by atoms with Crippen molar-refractivity contribution >= 4 is 16.7 Å². The smallest absolute Gasteiger partial charge is 0.258 e. The first-order valence-electron chi connectivity index (χ1n) is 8.55. The second-order valence-corrected chi connectivity index (χ2v) is 6.22. The Morgan fingerprint density at radius 1 is 1.08 bits per heavy atom. The van der Waals surface area contributed by atoms with Crippen LogP contribution in [-0.4, -0.2) is 10.5 Å². The molecule has 3 aromatic rings. The first-order valence-corrected chi connectivity index (χ1v) is 8.55. The Morgan fingerprint density at radius 2 is 1.80 bits per heavy atom. The molecule has 0 radical (unpaired) electrons. The molecule has 4 nitrogen and oxygen atoms in total. The van der Waals surface area contributed by atoms with Crippen molar-refractivity contribution in [2.24, 2.45) is 0 Å². The van der Waals surface area contributed by atoms with Crippen LogP contribution in [0.5, 0.6) is 0 Å². The summed E-state index contributed by atoms with van der Waals surface area (Å²) >= 11 is 0. The minimum Gasteiger partial charge on any atom is -0.348 e. The van der Waals surface area contributed by atoms with Crippen molar-refractivity contribution in [2.45, 2.75) is 32.9 Å². The number of carbonyl (C=O) groups excluding carboxylic acids is 1. The Bertz CT molecular complexity index is 942. The molecule has 0 unspecified atom stereocenters. The lowest BCUT2D eigenvalue weighted by atomic mass is 10.1. The van der Waals surface area contributed by atoms with E-state index in [0.29, 0.717) is 5.39 Å². The van der Waals surface area contributed by atoms with E-state index in [-0.39, 0.29) is 24.1 Å². The third kappa shape index (κ3) is 3.79. The highest BCUT2D eigenvalue weighted by Gasteiger charge is 2.11. The second-order valence-electron chi connectivity index (χ2n) is 6.22. The van der Waals surface area contributed by atoms with Gasteiger partial charge in [-0.05, 0) is 42.0 Å². The lowest BCUT2D eigenvalue weighted by molar-refractivity contribution is -0.122. The third-order valence-electron chi connectivity index (χ3n) is 4.47. The van der Waals surface area contributed by atoms with E-state index in [2.05, 4.69) is 24.4 Å². The zero-order valence-corrected chi connectivity index (χ0v) is 14.5. The van der Waals surface area contributed by atoms with Gasteiger partial charge in [-0.3, -0.25) is 9.59 Å². The summed E-state index contributed by atoms with van der Waals surface area (Å²) in [6.07, 6.45) is 2.66. The van der Waals surface area contributed by atoms with E-state index < -0.39 is 0 Å². The molecule has 1 amide bonds. The van der Waals surface area contributed by atoms with E-state index in [1.165, 1.54) is 10.1 Å². The van der Waals surface area contributed by atoms with Crippen LogP contribution in [0.4, 0.5) is 0 Å². The summed E-state index contributed by atoms with van der Waals surface area (Å²) in [6.45, 7) is 4.07. The first-order chi connectivity index (χ1) is 12.1. The molecule has 1 atom stereocenters. The number of nitrogens with zero attached hydrogens (tertiary/aromatic N) is 1. The summed E-state index contributed by atoms with van der Waals surface area (Å²) < 4.78 is 1.45. The largest absolute Gasteiger partial charge is 0.348 e. The van der Waals surface area contributed by atoms with Crippen LogP contribution in [0.15, 0.2) is 65.6 Å². The number of hydrogen-bond donors (Lipinski definition) is 1. The van der Waals surface area contributed by atoms with E-state index >= 15 is 0 Å². The average molecular weight is 334 g/mol. The minimum absolute atomic E-state index is 0.0149. The van der Waals surface area contributed by atoms with E-state index in [0.717, 1.165) is 17.4 Å². The molecule has 128 valence electrons. The third-order valence-corrected chi connectivity index (χ3v) is 4.47. The number of rotatable bonds is 5. The van der Waals surface area contributed by atoms with Gasteiger partial charge in [0.25, 0.3) is 5.56 Å². The van der Waals surface area contributed by atoms with Gasteiger partial charge in [0.05, 0.1) is 6.04 Å². The number of nitrogens with one attached hydrogen (secondary N) is 1. The van der Waals surface area contributed by atoms with Crippen molar-refractivity contribution in [3.8, 4) is 0 Å². The summed E-state index contributed by atoms with van der Waals surface area (Å²) in [7, 11) is 0. The van der Waals surface area contributed by atoms with Gasteiger partial charge in [0.1, 0.15) is 6.54 Å². The van der Waals surface area contributed by atoms with Gasteiger partial charge >= 0.3 is 0 Å². The van der Waals surface area contributed by atoms with Crippen LogP contribution in [0.1, 0.15) is 31.0 Å². The highest BCUT2D eigenvalue weighted by atomic mass is 16.2. The molecule has 1 heterocycles. The van der Waals surface area contributed by atoms with Gasteiger partial charge in [-0.2, -0.15) is 0 Å². The molecule has 0 aliphatic rings. The highest BCUT2D eigenvalue weighted by molar-refractivity contribution is 5.82. The average Bonchev–Trinajstić information content (AvgIpc) is 2.64. The number of carbonyl (C=O) groups is 1. The summed E-state index contributed by atoms with van der Waals surface area (Å²) in [6, 6.07) is 17.4. The van der Waals surface area contributed by atoms with Crippen LogP contribution < -0.4 is 10.9 Å². The number of hydrogen-bond acceptors (Lipinski definition) is 2. The van der Waals surface area contributed by atoms with E-state index in [4.69, 9.17) is 0 Å². The molecule has 2 aromatic carbocycles. The summed E-state index contributed by atoms with van der Waals surface area (Å²) in [5, 5.41) is 4.47. The predicted molar refractivity (Wildman–Crippen MR) is 101 cm³/mol. The topological polar surface area (TPSA) is 51.1 Å². The summed E-state index contributed by atoms with van der Waals surface area (Å²) in [5.74, 6) is -0.176. The molecular weight excluding hydrogens is 312 g/mol. The lowest BCUT2D eigenvalue weighted by Crippen LogP contribution is -2.33. The van der Waals surface area contributed by atoms with Gasteiger partial charge in [-0.1, -0.05) is 49.4 Å². The fourth-order valence-corrected chi connectivity index (χ4v) is 2.92. The molecule has 0 spiro atoms. The molecule has 0 aliphatic heterocycles. The van der Waals surface area contributed by atoms with Crippen LogP contribution in [0.3, 0.4) is 0 Å². The summed E-state index contributed by atoms with van der Waals surface area (Å²) in [4.78, 5) is 24.8. The standard InChI is InChI=1S/C21H22N2O2/c1-3-16-8-10-17(11-9-16)15(2)22-20(24)14-23-13-12-18-6-4-5-7-19(18)21(23)25/h4-13,15H,3,14H2,1-2H3,(H,22,24)/t15-/m0/s1. The second kappa shape index (κ2) is 7.34. The van der Waals surface area contributed by atoms with Gasteiger partial charge in [0.15, 0.2) is 0 Å². The number of fused-ring (bicyclic) bond motifs is 1. The lowest BCUT2D eigenvalue weighted by Gasteiger charge is -2.15. The van der Waals surface area contributed by atoms with Crippen molar-refractivity contribution in [1.29, 1.82) is 0 Å². The number of amides is 1. The van der Waals surface area contributed by atoms with Crippen LogP contribution in [0.2, 0.25) is 0 Å². The molecule has 4 heteroatoms. The first kappa shape index (κ1) is 17.0. The molecule has 0 saturated carbocycles. The van der Waals surface area contributed by atoms with Crippen molar-refractivity contribution in [2.75, 3.05) is 0 Å². The van der Waals surface area contributed by atoms with Gasteiger partial charge in [0.2, 0.25) is 5.91 Å². The van der Waals surface area contributed by atoms with Gasteiger partial charge in [-0.25, -0.2) is 0 Å². The van der Waals surface area contributed by atoms with Crippen molar-refractivity contribution in [1.82, 2.24) is 9.88 Å². The molecule has 3 rings (SSSR count). The Labute approximate surface area is 147 Å². The maximum Gasteiger partial charge on any atom is 0.258 e. The molecule has 25 heavy (non-hydrogen) atoms. The molecule has 0 fully saturated rings. The molecule has 0 saturated heterocycles. The van der Waals surface area contributed by atoms with Crippen molar-refractivity contribution < 1.29 is 4.79 Å². The predicted octanol–water partition coefficient (Wildman–Crippen LogP) is 3.44. The maximum atomic E-state index is 12.5.